The molecule has 1 N–H and O–H groups in total. The van der Waals surface area contributed by atoms with Crippen LogP contribution in [-0.2, 0) is 4.74 Å². The molecule has 1 unspecified atom stereocenters. The highest BCUT2D eigenvalue weighted by Gasteiger charge is 2.27. The average molecular weight is 262 g/mol. The standard InChI is InChI=1S/C14H18N2O3/c1-10-3-5-11(6-4-10)13(17)15-8-7-12-9-16(2)14(18)19-12/h3-6,12H,7-9H2,1-2H3,(H,15,17). The first-order valence-corrected chi connectivity index (χ1v) is 6.33. The second-order valence-electron chi connectivity index (χ2n) is 4.80. The van der Waals surface area contributed by atoms with E-state index in [4.69, 9.17) is 4.74 Å². The van der Waals surface area contributed by atoms with Crippen molar-refractivity contribution in [2.45, 2.75) is 19.4 Å². The molecule has 1 aliphatic rings. The lowest BCUT2D eigenvalue weighted by atomic mass is 10.1. The van der Waals surface area contributed by atoms with Gasteiger partial charge >= 0.3 is 6.09 Å². The molecule has 19 heavy (non-hydrogen) atoms. The molecule has 1 aliphatic heterocycles. The Morgan fingerprint density at radius 3 is 2.68 bits per heavy atom. The van der Waals surface area contributed by atoms with E-state index in [2.05, 4.69) is 5.32 Å². The molecule has 1 fully saturated rings. The van der Waals surface area contributed by atoms with E-state index in [0.717, 1.165) is 5.56 Å². The number of hydrogen-bond donors (Lipinski definition) is 1. The average Bonchev–Trinajstić information content (AvgIpc) is 2.69. The minimum atomic E-state index is -0.296. The summed E-state index contributed by atoms with van der Waals surface area (Å²) >= 11 is 0. The molecule has 5 nitrogen and oxygen atoms in total. The van der Waals surface area contributed by atoms with E-state index in [0.29, 0.717) is 25.1 Å². The summed E-state index contributed by atoms with van der Waals surface area (Å²) in [5, 5.41) is 2.83. The van der Waals surface area contributed by atoms with Gasteiger partial charge in [0.2, 0.25) is 0 Å². The summed E-state index contributed by atoms with van der Waals surface area (Å²) in [4.78, 5) is 24.5. The first kappa shape index (κ1) is 13.4. The van der Waals surface area contributed by atoms with Crippen molar-refractivity contribution >= 4 is 12.0 Å². The molecule has 0 aromatic heterocycles. The number of rotatable bonds is 4. The molecular formula is C14H18N2O3. The van der Waals surface area contributed by atoms with Gasteiger partial charge in [0.1, 0.15) is 6.10 Å². The van der Waals surface area contributed by atoms with Crippen LogP contribution in [0.15, 0.2) is 24.3 Å². The molecule has 0 radical (unpaired) electrons. The third kappa shape index (κ3) is 3.47. The van der Waals surface area contributed by atoms with Gasteiger partial charge in [0.15, 0.2) is 0 Å². The first-order valence-electron chi connectivity index (χ1n) is 6.33. The maximum atomic E-state index is 11.8. The predicted molar refractivity (Wildman–Crippen MR) is 71.0 cm³/mol. The van der Waals surface area contributed by atoms with Gasteiger partial charge in [-0.3, -0.25) is 4.79 Å². The smallest absolute Gasteiger partial charge is 0.409 e. The summed E-state index contributed by atoms with van der Waals surface area (Å²) < 4.78 is 5.11. The maximum absolute atomic E-state index is 11.8. The molecule has 0 spiro atoms. The summed E-state index contributed by atoms with van der Waals surface area (Å²) in [7, 11) is 1.70. The lowest BCUT2D eigenvalue weighted by molar-refractivity contribution is 0.0944. The monoisotopic (exact) mass is 262 g/mol. The van der Waals surface area contributed by atoms with Gasteiger partial charge < -0.3 is 15.0 Å². The lowest BCUT2D eigenvalue weighted by Crippen LogP contribution is -2.28. The molecule has 0 aliphatic carbocycles. The van der Waals surface area contributed by atoms with E-state index in [9.17, 15) is 9.59 Å². The van der Waals surface area contributed by atoms with Crippen LogP contribution in [0.25, 0.3) is 0 Å². The summed E-state index contributed by atoms with van der Waals surface area (Å²) in [6, 6.07) is 7.41. The number of carbonyl (C=O) groups is 2. The quantitative estimate of drug-likeness (QED) is 0.896. The van der Waals surface area contributed by atoms with Crippen molar-refractivity contribution in [2.24, 2.45) is 0 Å². The molecule has 1 saturated heterocycles. The van der Waals surface area contributed by atoms with Crippen molar-refractivity contribution in [2.75, 3.05) is 20.1 Å². The summed E-state index contributed by atoms with van der Waals surface area (Å²) in [6.45, 7) is 3.06. The molecule has 0 saturated carbocycles. The highest BCUT2D eigenvalue weighted by molar-refractivity contribution is 5.94. The molecular weight excluding hydrogens is 244 g/mol. The van der Waals surface area contributed by atoms with Gasteiger partial charge in [0.05, 0.1) is 6.54 Å². The molecule has 1 atom stereocenters. The van der Waals surface area contributed by atoms with Gasteiger partial charge in [-0.1, -0.05) is 17.7 Å². The van der Waals surface area contributed by atoms with E-state index in [1.807, 2.05) is 19.1 Å². The third-order valence-corrected chi connectivity index (χ3v) is 3.12. The minimum Gasteiger partial charge on any atom is -0.444 e. The largest absolute Gasteiger partial charge is 0.444 e. The van der Waals surface area contributed by atoms with Gasteiger partial charge in [0.25, 0.3) is 5.91 Å². The molecule has 5 heteroatoms. The van der Waals surface area contributed by atoms with Crippen LogP contribution in [0.1, 0.15) is 22.3 Å². The zero-order valence-corrected chi connectivity index (χ0v) is 11.2. The van der Waals surface area contributed by atoms with Crippen LogP contribution in [0.3, 0.4) is 0 Å². The number of nitrogens with one attached hydrogen (secondary N) is 1. The maximum Gasteiger partial charge on any atom is 0.409 e. The molecule has 2 amide bonds. The van der Waals surface area contributed by atoms with Crippen molar-refractivity contribution in [3.8, 4) is 0 Å². The number of carbonyl (C=O) groups excluding carboxylic acids is 2. The minimum absolute atomic E-state index is 0.0994. The van der Waals surface area contributed by atoms with Gasteiger partial charge in [0, 0.05) is 25.6 Å². The number of aryl methyl sites for hydroxylation is 1. The fourth-order valence-electron chi connectivity index (χ4n) is 1.95. The van der Waals surface area contributed by atoms with E-state index in [1.54, 1.807) is 19.2 Å². The Bertz CT molecular complexity index is 470. The highest BCUT2D eigenvalue weighted by Crippen LogP contribution is 2.11. The van der Waals surface area contributed by atoms with Crippen LogP contribution in [0.2, 0.25) is 0 Å². The van der Waals surface area contributed by atoms with Crippen LogP contribution < -0.4 is 5.32 Å². The molecule has 1 aromatic rings. The molecule has 1 heterocycles. The van der Waals surface area contributed by atoms with Crippen LogP contribution in [0.5, 0.6) is 0 Å². The SMILES string of the molecule is Cc1ccc(C(=O)NCCC2CN(C)C(=O)O2)cc1. The predicted octanol–water partition coefficient (Wildman–Crippen LogP) is 1.57. The van der Waals surface area contributed by atoms with Crippen molar-refractivity contribution in [1.82, 2.24) is 10.2 Å². The summed E-state index contributed by atoms with van der Waals surface area (Å²) in [6.07, 6.45) is 0.207. The van der Waals surface area contributed by atoms with Crippen molar-refractivity contribution in [3.63, 3.8) is 0 Å². The van der Waals surface area contributed by atoms with E-state index in [-0.39, 0.29) is 18.1 Å². The Morgan fingerprint density at radius 1 is 1.42 bits per heavy atom. The molecule has 1 aromatic carbocycles. The summed E-state index contributed by atoms with van der Waals surface area (Å²) in [5.41, 5.74) is 1.77. The number of amides is 2. The normalized spacial score (nSPS) is 18.3. The number of ether oxygens (including phenoxy) is 1. The van der Waals surface area contributed by atoms with Crippen molar-refractivity contribution in [3.05, 3.63) is 35.4 Å². The van der Waals surface area contributed by atoms with Gasteiger partial charge in [-0.25, -0.2) is 4.79 Å². The zero-order chi connectivity index (χ0) is 13.8. The van der Waals surface area contributed by atoms with Crippen LogP contribution >= 0.6 is 0 Å². The van der Waals surface area contributed by atoms with Crippen LogP contribution in [-0.4, -0.2) is 43.1 Å². The number of hydrogen-bond acceptors (Lipinski definition) is 3. The fourth-order valence-corrected chi connectivity index (χ4v) is 1.95. The second kappa shape index (κ2) is 5.73. The summed E-state index contributed by atoms with van der Waals surface area (Å²) in [5.74, 6) is -0.0994. The topological polar surface area (TPSA) is 58.6 Å². The Balaban J connectivity index is 1.75. The number of likely N-dealkylation sites (N-methyl/N-ethyl adjacent to an activating group) is 1. The Hall–Kier alpha value is -2.04. The Morgan fingerprint density at radius 2 is 2.11 bits per heavy atom. The molecule has 102 valence electrons. The Labute approximate surface area is 112 Å². The Kier molecular flexibility index (Phi) is 4.04. The van der Waals surface area contributed by atoms with E-state index in [1.165, 1.54) is 4.90 Å². The highest BCUT2D eigenvalue weighted by atomic mass is 16.6. The van der Waals surface area contributed by atoms with Crippen LogP contribution in [0.4, 0.5) is 4.79 Å². The molecule has 2 rings (SSSR count). The second-order valence-corrected chi connectivity index (χ2v) is 4.80. The van der Waals surface area contributed by atoms with Crippen molar-refractivity contribution < 1.29 is 14.3 Å². The zero-order valence-electron chi connectivity index (χ0n) is 11.2. The van der Waals surface area contributed by atoms with E-state index < -0.39 is 0 Å². The lowest BCUT2D eigenvalue weighted by Gasteiger charge is -2.09. The van der Waals surface area contributed by atoms with Crippen LogP contribution in [0, 0.1) is 6.92 Å². The number of cyclic esters (lactones) is 1. The molecule has 0 bridgehead atoms. The first-order chi connectivity index (χ1) is 9.06. The van der Waals surface area contributed by atoms with Crippen molar-refractivity contribution in [1.29, 1.82) is 0 Å². The fraction of sp³-hybridized carbons (Fsp3) is 0.429. The third-order valence-electron chi connectivity index (χ3n) is 3.12. The van der Waals surface area contributed by atoms with E-state index >= 15 is 0 Å². The number of benzene rings is 1. The van der Waals surface area contributed by atoms with Gasteiger partial charge in [-0.15, -0.1) is 0 Å². The number of nitrogens with zero attached hydrogens (tertiary/aromatic N) is 1. The van der Waals surface area contributed by atoms with Gasteiger partial charge in [-0.2, -0.15) is 0 Å². The van der Waals surface area contributed by atoms with Gasteiger partial charge in [-0.05, 0) is 19.1 Å².